The monoisotopic (exact) mass is 492 g/mol. The second-order valence-electron chi connectivity index (χ2n) is 7.72. The van der Waals surface area contributed by atoms with Gasteiger partial charge < -0.3 is 14.8 Å². The summed E-state index contributed by atoms with van der Waals surface area (Å²) in [5.41, 5.74) is 2.95. The third kappa shape index (κ3) is 6.56. The van der Waals surface area contributed by atoms with E-state index in [1.54, 1.807) is 49.5 Å². The molecule has 0 aliphatic carbocycles. The number of halogens is 1. The highest BCUT2D eigenvalue weighted by Crippen LogP contribution is 2.23. The summed E-state index contributed by atoms with van der Waals surface area (Å²) < 4.78 is 12.4. The normalized spacial score (nSPS) is 11.6. The maximum atomic E-state index is 12.8. The highest BCUT2D eigenvalue weighted by atomic mass is 35.5. The minimum atomic E-state index is -0.591. The summed E-state index contributed by atoms with van der Waals surface area (Å²) in [6.07, 6.45) is 4.33. The number of rotatable bonds is 10. The molecule has 2 N–H and O–H groups in total. The number of carbonyl (C=O) groups excluding carboxylic acids is 1. The average molecular weight is 493 g/mol. The fourth-order valence-electron chi connectivity index (χ4n) is 3.43. The van der Waals surface area contributed by atoms with Gasteiger partial charge in [-0.3, -0.25) is 15.1 Å². The van der Waals surface area contributed by atoms with Gasteiger partial charge in [0.2, 0.25) is 0 Å². The smallest absolute Gasteiger partial charge is 0.254 e. The lowest BCUT2D eigenvalue weighted by Gasteiger charge is -2.18. The SMILES string of the molecule is COc1cc(Cn2cc(C(NCc3ccc(Cl)cc3)NC(=O)c3cccnc3)nn2)cc(OC)c1. The van der Waals surface area contributed by atoms with Gasteiger partial charge in [0, 0.05) is 30.0 Å². The zero-order valence-electron chi connectivity index (χ0n) is 19.3. The van der Waals surface area contributed by atoms with Crippen LogP contribution < -0.4 is 20.1 Å². The van der Waals surface area contributed by atoms with Gasteiger partial charge in [0.05, 0.1) is 32.5 Å². The Balaban J connectivity index is 1.53. The van der Waals surface area contributed by atoms with E-state index in [4.69, 9.17) is 21.1 Å². The van der Waals surface area contributed by atoms with Crippen molar-refractivity contribution in [2.45, 2.75) is 19.3 Å². The molecule has 0 saturated heterocycles. The molecular weight excluding hydrogens is 468 g/mol. The molecule has 10 heteroatoms. The highest BCUT2D eigenvalue weighted by molar-refractivity contribution is 6.30. The highest BCUT2D eigenvalue weighted by Gasteiger charge is 2.19. The molecule has 9 nitrogen and oxygen atoms in total. The van der Waals surface area contributed by atoms with Crippen LogP contribution in [0.25, 0.3) is 0 Å². The molecule has 1 unspecified atom stereocenters. The number of pyridine rings is 1. The topological polar surface area (TPSA) is 103 Å². The fraction of sp³-hybridized carbons (Fsp3) is 0.200. The number of amides is 1. The first kappa shape index (κ1) is 24.2. The van der Waals surface area contributed by atoms with Crippen molar-refractivity contribution in [3.05, 3.63) is 101 Å². The average Bonchev–Trinajstić information content (AvgIpc) is 3.35. The molecule has 180 valence electrons. The Labute approximate surface area is 208 Å². The van der Waals surface area contributed by atoms with E-state index >= 15 is 0 Å². The molecule has 2 heterocycles. The van der Waals surface area contributed by atoms with Crippen molar-refractivity contribution >= 4 is 17.5 Å². The quantitative estimate of drug-likeness (QED) is 0.326. The van der Waals surface area contributed by atoms with Crippen LogP contribution >= 0.6 is 11.6 Å². The molecular formula is C25H25ClN6O3. The molecule has 1 atom stereocenters. The minimum absolute atomic E-state index is 0.279. The van der Waals surface area contributed by atoms with Crippen molar-refractivity contribution in [1.29, 1.82) is 0 Å². The molecule has 0 spiro atoms. The lowest BCUT2D eigenvalue weighted by atomic mass is 10.2. The van der Waals surface area contributed by atoms with Gasteiger partial charge in [0.1, 0.15) is 23.4 Å². The Morgan fingerprint density at radius 1 is 1.06 bits per heavy atom. The summed E-state index contributed by atoms with van der Waals surface area (Å²) in [4.78, 5) is 16.9. The van der Waals surface area contributed by atoms with Gasteiger partial charge >= 0.3 is 0 Å². The van der Waals surface area contributed by atoms with Crippen LogP contribution in [0.15, 0.2) is 73.2 Å². The molecule has 0 fully saturated rings. The summed E-state index contributed by atoms with van der Waals surface area (Å²) in [7, 11) is 3.21. The zero-order chi connectivity index (χ0) is 24.6. The third-order valence-corrected chi connectivity index (χ3v) is 5.48. The van der Waals surface area contributed by atoms with Crippen molar-refractivity contribution in [3.8, 4) is 11.5 Å². The fourth-order valence-corrected chi connectivity index (χ4v) is 3.56. The number of nitrogens with zero attached hydrogens (tertiary/aromatic N) is 4. The van der Waals surface area contributed by atoms with Crippen LogP contribution in [0.4, 0.5) is 0 Å². The molecule has 0 bridgehead atoms. The number of aromatic nitrogens is 4. The molecule has 2 aromatic heterocycles. The second kappa shape index (κ2) is 11.5. The summed E-state index contributed by atoms with van der Waals surface area (Å²) in [5, 5.41) is 15.5. The molecule has 1 amide bonds. The molecule has 0 aliphatic rings. The van der Waals surface area contributed by atoms with Crippen molar-refractivity contribution in [2.24, 2.45) is 0 Å². The van der Waals surface area contributed by atoms with Crippen LogP contribution in [0, 0.1) is 0 Å². The van der Waals surface area contributed by atoms with E-state index < -0.39 is 6.17 Å². The van der Waals surface area contributed by atoms with Crippen LogP contribution in [0.5, 0.6) is 11.5 Å². The van der Waals surface area contributed by atoms with E-state index in [-0.39, 0.29) is 5.91 Å². The molecule has 4 aromatic rings. The van der Waals surface area contributed by atoms with E-state index in [1.165, 1.54) is 6.20 Å². The maximum absolute atomic E-state index is 12.8. The van der Waals surface area contributed by atoms with Crippen LogP contribution in [-0.2, 0) is 13.1 Å². The van der Waals surface area contributed by atoms with Crippen LogP contribution in [0.3, 0.4) is 0 Å². The van der Waals surface area contributed by atoms with E-state index in [0.717, 1.165) is 11.1 Å². The molecule has 4 rings (SSSR count). The molecule has 0 saturated carbocycles. The zero-order valence-corrected chi connectivity index (χ0v) is 20.1. The number of methoxy groups -OCH3 is 2. The van der Waals surface area contributed by atoms with Crippen molar-refractivity contribution < 1.29 is 14.3 Å². The number of ether oxygens (including phenoxy) is 2. The molecule has 0 aliphatic heterocycles. The number of carbonyl (C=O) groups is 1. The Morgan fingerprint density at radius 2 is 1.80 bits per heavy atom. The predicted molar refractivity (Wildman–Crippen MR) is 131 cm³/mol. The number of hydrogen-bond acceptors (Lipinski definition) is 7. The van der Waals surface area contributed by atoms with Gasteiger partial charge in [-0.1, -0.05) is 28.9 Å². The number of benzene rings is 2. The van der Waals surface area contributed by atoms with E-state index in [9.17, 15) is 4.79 Å². The summed E-state index contributed by atoms with van der Waals surface area (Å²) >= 11 is 5.99. The van der Waals surface area contributed by atoms with E-state index in [2.05, 4.69) is 25.9 Å². The first-order chi connectivity index (χ1) is 17.0. The Hall–Kier alpha value is -3.95. The second-order valence-corrected chi connectivity index (χ2v) is 8.15. The van der Waals surface area contributed by atoms with Crippen LogP contribution in [0.2, 0.25) is 5.02 Å². The first-order valence-electron chi connectivity index (χ1n) is 10.8. The number of hydrogen-bond donors (Lipinski definition) is 2. The van der Waals surface area contributed by atoms with Gasteiger partial charge in [-0.2, -0.15) is 0 Å². The molecule has 2 aromatic carbocycles. The van der Waals surface area contributed by atoms with Gasteiger partial charge in [-0.05, 0) is 47.5 Å². The van der Waals surface area contributed by atoms with Crippen LogP contribution in [-0.4, -0.2) is 40.1 Å². The lowest BCUT2D eigenvalue weighted by Crippen LogP contribution is -2.38. The lowest BCUT2D eigenvalue weighted by molar-refractivity contribution is 0.0927. The predicted octanol–water partition coefficient (Wildman–Crippen LogP) is 3.61. The first-order valence-corrected chi connectivity index (χ1v) is 11.2. The molecule has 0 radical (unpaired) electrons. The van der Waals surface area contributed by atoms with Gasteiger partial charge in [0.15, 0.2) is 0 Å². The Bertz CT molecular complexity index is 1240. The third-order valence-electron chi connectivity index (χ3n) is 5.23. The summed E-state index contributed by atoms with van der Waals surface area (Å²) in [5.74, 6) is 1.09. The van der Waals surface area contributed by atoms with Gasteiger partial charge in [-0.15, -0.1) is 5.10 Å². The summed E-state index contributed by atoms with van der Waals surface area (Å²) in [6, 6.07) is 16.5. The largest absolute Gasteiger partial charge is 0.497 e. The van der Waals surface area contributed by atoms with Crippen molar-refractivity contribution in [3.63, 3.8) is 0 Å². The Morgan fingerprint density at radius 3 is 2.46 bits per heavy atom. The van der Waals surface area contributed by atoms with E-state index in [1.807, 2.05) is 36.4 Å². The van der Waals surface area contributed by atoms with Gasteiger partial charge in [-0.25, -0.2) is 4.68 Å². The molecule has 35 heavy (non-hydrogen) atoms. The summed E-state index contributed by atoms with van der Waals surface area (Å²) in [6.45, 7) is 0.927. The Kier molecular flexibility index (Phi) is 7.92. The van der Waals surface area contributed by atoms with Crippen molar-refractivity contribution in [2.75, 3.05) is 14.2 Å². The van der Waals surface area contributed by atoms with Gasteiger partial charge in [0.25, 0.3) is 5.91 Å². The number of nitrogens with one attached hydrogen (secondary N) is 2. The van der Waals surface area contributed by atoms with Crippen molar-refractivity contribution in [1.82, 2.24) is 30.6 Å². The van der Waals surface area contributed by atoms with E-state index in [0.29, 0.717) is 40.9 Å². The minimum Gasteiger partial charge on any atom is -0.497 e. The maximum Gasteiger partial charge on any atom is 0.254 e. The van der Waals surface area contributed by atoms with Crippen LogP contribution in [0.1, 0.15) is 33.3 Å². The standard InChI is InChI=1S/C25H25ClN6O3/c1-34-21-10-18(11-22(12-21)35-2)15-32-16-23(30-31-32)24(28-13-17-5-7-20(26)8-6-17)29-25(33)19-4-3-9-27-14-19/h3-12,14,16,24,28H,13,15H2,1-2H3,(H,29,33).